The third kappa shape index (κ3) is 2.75. The van der Waals surface area contributed by atoms with Crippen molar-refractivity contribution in [2.45, 2.75) is 18.8 Å². The molecule has 0 saturated carbocycles. The van der Waals surface area contributed by atoms with E-state index >= 15 is 0 Å². The van der Waals surface area contributed by atoms with E-state index in [9.17, 15) is 5.11 Å². The van der Waals surface area contributed by atoms with Crippen molar-refractivity contribution in [2.24, 2.45) is 0 Å². The molecule has 19 heavy (non-hydrogen) atoms. The van der Waals surface area contributed by atoms with Gasteiger partial charge in [-0.1, -0.05) is 66.7 Å². The van der Waals surface area contributed by atoms with Gasteiger partial charge in [0.15, 0.2) is 6.29 Å². The molecule has 0 aromatic heterocycles. The van der Waals surface area contributed by atoms with Gasteiger partial charge in [-0.25, -0.2) is 0 Å². The summed E-state index contributed by atoms with van der Waals surface area (Å²) in [4.78, 5) is 0. The molecule has 1 aliphatic rings. The lowest BCUT2D eigenvalue weighted by Crippen LogP contribution is -2.24. The Morgan fingerprint density at radius 2 is 1.74 bits per heavy atom. The summed E-state index contributed by atoms with van der Waals surface area (Å²) in [6, 6.07) is 18.0. The van der Waals surface area contributed by atoms with Gasteiger partial charge in [-0.2, -0.15) is 0 Å². The van der Waals surface area contributed by atoms with E-state index < -0.39 is 6.29 Å². The van der Waals surface area contributed by atoms with E-state index in [1.165, 1.54) is 0 Å². The Bertz CT molecular complexity index is 575. The van der Waals surface area contributed by atoms with Crippen LogP contribution in [0, 0.1) is 0 Å². The van der Waals surface area contributed by atoms with E-state index in [4.69, 9.17) is 4.74 Å². The number of rotatable bonds is 2. The molecular formula is C17H16O2. The summed E-state index contributed by atoms with van der Waals surface area (Å²) >= 11 is 0. The van der Waals surface area contributed by atoms with Crippen LogP contribution in [0.15, 0.2) is 60.7 Å². The van der Waals surface area contributed by atoms with Crippen LogP contribution in [0.1, 0.15) is 23.0 Å². The van der Waals surface area contributed by atoms with Crippen molar-refractivity contribution in [3.8, 4) is 0 Å². The predicted molar refractivity (Wildman–Crippen MR) is 75.5 cm³/mol. The SMILES string of the molecule is OC1OC(/C=C/c2ccccc2)Cc2ccccc21. The molecule has 1 aliphatic heterocycles. The van der Waals surface area contributed by atoms with Gasteiger partial charge in [-0.15, -0.1) is 0 Å². The lowest BCUT2D eigenvalue weighted by atomic mass is 9.97. The molecule has 0 radical (unpaired) electrons. The number of hydrogen-bond donors (Lipinski definition) is 1. The molecule has 1 heterocycles. The summed E-state index contributed by atoms with van der Waals surface area (Å²) in [5.41, 5.74) is 3.18. The first-order valence-electron chi connectivity index (χ1n) is 6.47. The Balaban J connectivity index is 1.77. The first kappa shape index (κ1) is 12.2. The largest absolute Gasteiger partial charge is 0.364 e. The third-order valence-corrected chi connectivity index (χ3v) is 3.35. The van der Waals surface area contributed by atoms with Crippen LogP contribution in [0.2, 0.25) is 0 Å². The average Bonchev–Trinajstić information content (AvgIpc) is 2.46. The number of hydrogen-bond acceptors (Lipinski definition) is 2. The van der Waals surface area contributed by atoms with Crippen LogP contribution in [0.5, 0.6) is 0 Å². The van der Waals surface area contributed by atoms with E-state index in [-0.39, 0.29) is 6.10 Å². The van der Waals surface area contributed by atoms with Gasteiger partial charge >= 0.3 is 0 Å². The molecule has 2 nitrogen and oxygen atoms in total. The van der Waals surface area contributed by atoms with Crippen LogP contribution in [-0.2, 0) is 11.2 Å². The van der Waals surface area contributed by atoms with Crippen LogP contribution in [0.3, 0.4) is 0 Å². The molecule has 2 heteroatoms. The maximum atomic E-state index is 9.97. The predicted octanol–water partition coefficient (Wildman–Crippen LogP) is 3.33. The van der Waals surface area contributed by atoms with E-state index in [2.05, 4.69) is 0 Å². The minimum atomic E-state index is -0.824. The zero-order valence-electron chi connectivity index (χ0n) is 10.6. The maximum absolute atomic E-state index is 9.97. The average molecular weight is 252 g/mol. The number of aliphatic hydroxyl groups is 1. The number of benzene rings is 2. The molecule has 2 atom stereocenters. The molecule has 0 fully saturated rings. The van der Waals surface area contributed by atoms with Crippen molar-refractivity contribution >= 4 is 6.08 Å². The first-order chi connectivity index (χ1) is 9.33. The van der Waals surface area contributed by atoms with Gasteiger partial charge in [0.1, 0.15) is 0 Å². The van der Waals surface area contributed by atoms with Gasteiger partial charge in [-0.3, -0.25) is 0 Å². The van der Waals surface area contributed by atoms with Gasteiger partial charge in [0, 0.05) is 12.0 Å². The smallest absolute Gasteiger partial charge is 0.182 e. The van der Waals surface area contributed by atoms with Crippen molar-refractivity contribution in [2.75, 3.05) is 0 Å². The van der Waals surface area contributed by atoms with Crippen LogP contribution in [0.4, 0.5) is 0 Å². The van der Waals surface area contributed by atoms with Crippen LogP contribution in [0.25, 0.3) is 6.08 Å². The van der Waals surface area contributed by atoms with Crippen LogP contribution < -0.4 is 0 Å². The fraction of sp³-hybridized carbons (Fsp3) is 0.176. The molecule has 96 valence electrons. The zero-order chi connectivity index (χ0) is 13.1. The molecule has 2 aromatic rings. The highest BCUT2D eigenvalue weighted by Gasteiger charge is 2.23. The number of aliphatic hydroxyl groups excluding tert-OH is 1. The normalized spacial score (nSPS) is 22.4. The second kappa shape index (κ2) is 5.39. The van der Waals surface area contributed by atoms with E-state index in [1.807, 2.05) is 66.7 Å². The number of fused-ring (bicyclic) bond motifs is 1. The van der Waals surface area contributed by atoms with E-state index in [1.54, 1.807) is 0 Å². The summed E-state index contributed by atoms with van der Waals surface area (Å²) in [5.74, 6) is 0. The summed E-state index contributed by atoms with van der Waals surface area (Å²) < 4.78 is 5.60. The van der Waals surface area contributed by atoms with E-state index in [0.717, 1.165) is 23.1 Å². The van der Waals surface area contributed by atoms with Crippen molar-refractivity contribution in [1.29, 1.82) is 0 Å². The molecule has 0 aliphatic carbocycles. The quantitative estimate of drug-likeness (QED) is 0.888. The lowest BCUT2D eigenvalue weighted by molar-refractivity contribution is -0.134. The molecular weight excluding hydrogens is 236 g/mol. The molecule has 3 rings (SSSR count). The standard InChI is InChI=1S/C17H16O2/c18-17-16-9-5-4-8-14(16)12-15(19-17)11-10-13-6-2-1-3-7-13/h1-11,15,17-18H,12H2/b11-10+. The third-order valence-electron chi connectivity index (χ3n) is 3.35. The minimum absolute atomic E-state index is 0.0786. The maximum Gasteiger partial charge on any atom is 0.182 e. The topological polar surface area (TPSA) is 29.5 Å². The Morgan fingerprint density at radius 1 is 1.00 bits per heavy atom. The molecule has 2 unspecified atom stereocenters. The summed E-state index contributed by atoms with van der Waals surface area (Å²) in [5, 5.41) is 9.97. The molecule has 1 N–H and O–H groups in total. The van der Waals surface area contributed by atoms with Gasteiger partial charge in [0.05, 0.1) is 6.10 Å². The Morgan fingerprint density at radius 3 is 2.58 bits per heavy atom. The van der Waals surface area contributed by atoms with Crippen LogP contribution >= 0.6 is 0 Å². The van der Waals surface area contributed by atoms with Gasteiger partial charge in [0.2, 0.25) is 0 Å². The summed E-state index contributed by atoms with van der Waals surface area (Å²) in [7, 11) is 0. The Labute approximate surface area is 113 Å². The highest BCUT2D eigenvalue weighted by Crippen LogP contribution is 2.28. The van der Waals surface area contributed by atoms with Crippen LogP contribution in [-0.4, -0.2) is 11.2 Å². The molecule has 2 aromatic carbocycles. The second-order valence-electron chi connectivity index (χ2n) is 4.70. The Hall–Kier alpha value is -1.90. The van der Waals surface area contributed by atoms with Crippen molar-refractivity contribution in [3.63, 3.8) is 0 Å². The highest BCUT2D eigenvalue weighted by atomic mass is 16.6. The van der Waals surface area contributed by atoms with Crippen molar-refractivity contribution in [3.05, 3.63) is 77.4 Å². The minimum Gasteiger partial charge on any atom is -0.364 e. The summed E-state index contributed by atoms with van der Waals surface area (Å²) in [6.07, 6.45) is 3.94. The fourth-order valence-electron chi connectivity index (χ4n) is 2.36. The van der Waals surface area contributed by atoms with Gasteiger partial charge in [0.25, 0.3) is 0 Å². The molecule has 0 amide bonds. The fourth-order valence-corrected chi connectivity index (χ4v) is 2.36. The highest BCUT2D eigenvalue weighted by molar-refractivity contribution is 5.49. The van der Waals surface area contributed by atoms with Crippen molar-refractivity contribution < 1.29 is 9.84 Å². The van der Waals surface area contributed by atoms with Gasteiger partial charge < -0.3 is 9.84 Å². The monoisotopic (exact) mass is 252 g/mol. The molecule has 0 saturated heterocycles. The van der Waals surface area contributed by atoms with E-state index in [0.29, 0.717) is 0 Å². The lowest BCUT2D eigenvalue weighted by Gasteiger charge is -2.27. The molecule has 0 spiro atoms. The van der Waals surface area contributed by atoms with Gasteiger partial charge in [-0.05, 0) is 11.1 Å². The Kier molecular flexibility index (Phi) is 3.45. The first-order valence-corrected chi connectivity index (χ1v) is 6.47. The molecule has 0 bridgehead atoms. The van der Waals surface area contributed by atoms with Crippen molar-refractivity contribution in [1.82, 2.24) is 0 Å². The zero-order valence-corrected chi connectivity index (χ0v) is 10.6. The second-order valence-corrected chi connectivity index (χ2v) is 4.70. The summed E-state index contributed by atoms with van der Waals surface area (Å²) in [6.45, 7) is 0. The number of ether oxygens (including phenoxy) is 1.